The third kappa shape index (κ3) is 3.29. The third-order valence-corrected chi connectivity index (χ3v) is 1.35. The molecule has 0 aromatic carbocycles. The molecule has 0 unspecified atom stereocenters. The van der Waals surface area contributed by atoms with E-state index >= 15 is 0 Å². The summed E-state index contributed by atoms with van der Waals surface area (Å²) in [6.07, 6.45) is 0. The molecule has 13 heavy (non-hydrogen) atoms. The number of pyridine rings is 1. The summed E-state index contributed by atoms with van der Waals surface area (Å²) in [5, 5.41) is 1.83. The van der Waals surface area contributed by atoms with Crippen LogP contribution in [0, 0.1) is 0 Å². The van der Waals surface area contributed by atoms with Crippen molar-refractivity contribution in [3.05, 3.63) is 18.2 Å². The molecule has 0 spiro atoms. The lowest BCUT2D eigenvalue weighted by atomic mass is 10.4. The Kier molecular flexibility index (Phi) is 3.52. The van der Waals surface area contributed by atoms with Crippen LogP contribution in [0.15, 0.2) is 18.2 Å². The summed E-state index contributed by atoms with van der Waals surface area (Å²) in [7, 11) is 3.82. The Morgan fingerprint density at radius 2 is 2.23 bits per heavy atom. The van der Waals surface area contributed by atoms with Gasteiger partial charge in [0.1, 0.15) is 5.82 Å². The average Bonchev–Trinajstić information content (AvgIpc) is 2.04. The van der Waals surface area contributed by atoms with Crippen molar-refractivity contribution < 1.29 is 4.74 Å². The van der Waals surface area contributed by atoms with Crippen molar-refractivity contribution in [3.63, 3.8) is 0 Å². The topological polar surface area (TPSA) is 37.4 Å². The van der Waals surface area contributed by atoms with Crippen molar-refractivity contribution in [1.29, 1.82) is 0 Å². The second-order valence-corrected chi connectivity index (χ2v) is 2.80. The van der Waals surface area contributed by atoms with E-state index in [0.29, 0.717) is 12.5 Å². The van der Waals surface area contributed by atoms with Crippen LogP contribution in [-0.2, 0) is 0 Å². The second-order valence-electron chi connectivity index (χ2n) is 2.80. The van der Waals surface area contributed by atoms with Gasteiger partial charge in [-0.2, -0.15) is 4.98 Å². The third-order valence-electron chi connectivity index (χ3n) is 1.35. The molecule has 0 aliphatic carbocycles. The van der Waals surface area contributed by atoms with Crippen LogP contribution in [0.1, 0.15) is 6.92 Å². The van der Waals surface area contributed by atoms with Gasteiger partial charge in [0.05, 0.1) is 6.61 Å². The molecule has 72 valence electrons. The molecular weight excluding hydrogens is 166 g/mol. The molecule has 0 saturated carbocycles. The summed E-state index contributed by atoms with van der Waals surface area (Å²) in [6, 6.07) is 5.64. The van der Waals surface area contributed by atoms with E-state index in [4.69, 9.17) is 4.74 Å². The van der Waals surface area contributed by atoms with Crippen molar-refractivity contribution in [3.8, 4) is 5.88 Å². The Hall–Kier alpha value is -1.29. The van der Waals surface area contributed by atoms with Gasteiger partial charge in [0, 0.05) is 20.2 Å². The zero-order valence-corrected chi connectivity index (χ0v) is 8.24. The van der Waals surface area contributed by atoms with Gasteiger partial charge in [0.15, 0.2) is 0 Å². The van der Waals surface area contributed by atoms with Crippen molar-refractivity contribution in [1.82, 2.24) is 9.99 Å². The van der Waals surface area contributed by atoms with Crippen LogP contribution < -0.4 is 10.2 Å². The van der Waals surface area contributed by atoms with Crippen LogP contribution in [-0.4, -0.2) is 30.7 Å². The standard InChI is InChI=1S/C9H15N3O/c1-4-13-9-7-5-6-8(10-9)11-12(2)3/h5-7H,4H2,1-3H3,(H,10,11). The number of nitrogens with one attached hydrogen (secondary N) is 1. The highest BCUT2D eigenvalue weighted by Crippen LogP contribution is 2.10. The van der Waals surface area contributed by atoms with Crippen LogP contribution in [0.25, 0.3) is 0 Å². The van der Waals surface area contributed by atoms with Crippen LogP contribution in [0.5, 0.6) is 5.88 Å². The molecule has 0 amide bonds. The summed E-state index contributed by atoms with van der Waals surface area (Å²) >= 11 is 0. The Morgan fingerprint density at radius 1 is 1.46 bits per heavy atom. The van der Waals surface area contributed by atoms with Gasteiger partial charge < -0.3 is 10.2 Å². The highest BCUT2D eigenvalue weighted by molar-refractivity contribution is 5.35. The fourth-order valence-corrected chi connectivity index (χ4v) is 0.934. The summed E-state index contributed by atoms with van der Waals surface area (Å²) in [4.78, 5) is 4.23. The Bertz CT molecular complexity index is 263. The maximum absolute atomic E-state index is 5.26. The lowest BCUT2D eigenvalue weighted by Crippen LogP contribution is -2.20. The number of ether oxygens (including phenoxy) is 1. The van der Waals surface area contributed by atoms with E-state index in [1.165, 1.54) is 0 Å². The average molecular weight is 181 g/mol. The number of nitrogens with zero attached hydrogens (tertiary/aromatic N) is 2. The molecule has 4 nitrogen and oxygen atoms in total. The Labute approximate surface area is 78.5 Å². The van der Waals surface area contributed by atoms with E-state index in [1.54, 1.807) is 0 Å². The minimum absolute atomic E-state index is 0.637. The fourth-order valence-electron chi connectivity index (χ4n) is 0.934. The highest BCUT2D eigenvalue weighted by Gasteiger charge is 1.97. The number of hydrogen-bond donors (Lipinski definition) is 1. The van der Waals surface area contributed by atoms with Gasteiger partial charge in [-0.05, 0) is 13.0 Å². The van der Waals surface area contributed by atoms with E-state index in [0.717, 1.165) is 5.82 Å². The minimum atomic E-state index is 0.637. The van der Waals surface area contributed by atoms with Crippen molar-refractivity contribution in [2.75, 3.05) is 26.1 Å². The molecule has 1 aromatic heterocycles. The van der Waals surface area contributed by atoms with Gasteiger partial charge in [-0.3, -0.25) is 0 Å². The molecule has 1 heterocycles. The summed E-state index contributed by atoms with van der Waals surface area (Å²) in [5.74, 6) is 1.44. The zero-order chi connectivity index (χ0) is 9.68. The largest absolute Gasteiger partial charge is 0.478 e. The molecule has 1 rings (SSSR count). The number of anilines is 1. The normalized spacial score (nSPS) is 10.2. The molecule has 0 aliphatic rings. The predicted molar refractivity (Wildman–Crippen MR) is 52.7 cm³/mol. The lowest BCUT2D eigenvalue weighted by Gasteiger charge is -2.12. The fraction of sp³-hybridized carbons (Fsp3) is 0.444. The predicted octanol–water partition coefficient (Wildman–Crippen LogP) is 1.37. The number of hydrogen-bond acceptors (Lipinski definition) is 4. The lowest BCUT2D eigenvalue weighted by molar-refractivity contribution is 0.326. The van der Waals surface area contributed by atoms with E-state index in [-0.39, 0.29) is 0 Å². The summed E-state index contributed by atoms with van der Waals surface area (Å²) in [6.45, 7) is 2.58. The number of rotatable bonds is 4. The van der Waals surface area contributed by atoms with E-state index in [2.05, 4.69) is 10.4 Å². The second kappa shape index (κ2) is 4.67. The minimum Gasteiger partial charge on any atom is -0.478 e. The van der Waals surface area contributed by atoms with Crippen molar-refractivity contribution in [2.24, 2.45) is 0 Å². The maximum Gasteiger partial charge on any atom is 0.215 e. The van der Waals surface area contributed by atoms with E-state index < -0.39 is 0 Å². The molecule has 0 radical (unpaired) electrons. The van der Waals surface area contributed by atoms with Gasteiger partial charge in [0.25, 0.3) is 0 Å². The first kappa shape index (κ1) is 9.80. The Balaban J connectivity index is 2.67. The van der Waals surface area contributed by atoms with Gasteiger partial charge in [0.2, 0.25) is 5.88 Å². The van der Waals surface area contributed by atoms with E-state index in [1.807, 2.05) is 44.2 Å². The van der Waals surface area contributed by atoms with Gasteiger partial charge in [-0.15, -0.1) is 0 Å². The summed E-state index contributed by atoms with van der Waals surface area (Å²) in [5.41, 5.74) is 3.05. The highest BCUT2D eigenvalue weighted by atomic mass is 16.5. The van der Waals surface area contributed by atoms with Crippen molar-refractivity contribution in [2.45, 2.75) is 6.92 Å². The van der Waals surface area contributed by atoms with Crippen LogP contribution >= 0.6 is 0 Å². The van der Waals surface area contributed by atoms with Crippen LogP contribution in [0.2, 0.25) is 0 Å². The zero-order valence-electron chi connectivity index (χ0n) is 8.24. The van der Waals surface area contributed by atoms with Gasteiger partial charge in [-0.25, -0.2) is 5.01 Å². The molecule has 0 saturated heterocycles. The number of aromatic nitrogens is 1. The quantitative estimate of drug-likeness (QED) is 0.712. The molecule has 1 N–H and O–H groups in total. The monoisotopic (exact) mass is 181 g/mol. The first-order chi connectivity index (χ1) is 6.22. The molecule has 0 aliphatic heterocycles. The summed E-state index contributed by atoms with van der Waals surface area (Å²) < 4.78 is 5.26. The first-order valence-corrected chi connectivity index (χ1v) is 4.26. The molecular formula is C9H15N3O. The SMILES string of the molecule is CCOc1cccc(NN(C)C)n1. The van der Waals surface area contributed by atoms with Gasteiger partial charge >= 0.3 is 0 Å². The van der Waals surface area contributed by atoms with Crippen LogP contribution in [0.4, 0.5) is 5.82 Å². The van der Waals surface area contributed by atoms with Crippen LogP contribution in [0.3, 0.4) is 0 Å². The van der Waals surface area contributed by atoms with Crippen molar-refractivity contribution >= 4 is 5.82 Å². The molecule has 0 atom stereocenters. The molecule has 1 aromatic rings. The Morgan fingerprint density at radius 3 is 2.85 bits per heavy atom. The van der Waals surface area contributed by atoms with E-state index in [9.17, 15) is 0 Å². The molecule has 0 bridgehead atoms. The number of hydrazine groups is 1. The van der Waals surface area contributed by atoms with Gasteiger partial charge in [-0.1, -0.05) is 6.07 Å². The smallest absolute Gasteiger partial charge is 0.215 e. The molecule has 4 heteroatoms. The first-order valence-electron chi connectivity index (χ1n) is 4.26. The molecule has 0 fully saturated rings. The maximum atomic E-state index is 5.26.